The van der Waals surface area contributed by atoms with E-state index < -0.39 is 10.1 Å². The van der Waals surface area contributed by atoms with Gasteiger partial charge in [0.25, 0.3) is 10.1 Å². The van der Waals surface area contributed by atoms with Gasteiger partial charge in [-0.1, -0.05) is 19.3 Å². The van der Waals surface area contributed by atoms with Gasteiger partial charge in [-0.25, -0.2) is 0 Å². The predicted octanol–water partition coefficient (Wildman–Crippen LogP) is 2.43. The molecule has 0 aromatic rings. The summed E-state index contributed by atoms with van der Waals surface area (Å²) in [5.74, 6) is -0.149. The molecule has 0 aliphatic heterocycles. The van der Waals surface area contributed by atoms with Crippen LogP contribution in [0.2, 0.25) is 0 Å². The first-order valence-electron chi connectivity index (χ1n) is 4.46. The normalized spacial score (nSPS) is 12.3. The van der Waals surface area contributed by atoms with Crippen LogP contribution in [0, 0.1) is 0 Å². The van der Waals surface area contributed by atoms with Gasteiger partial charge in [-0.15, -0.1) is 3.94 Å². The number of rotatable bonds is 8. The summed E-state index contributed by atoms with van der Waals surface area (Å²) in [5.41, 5.74) is 0. The number of hydrogen-bond donors (Lipinski definition) is 1. The second kappa shape index (κ2) is 7.70. The molecule has 0 aromatic carbocycles. The van der Waals surface area contributed by atoms with Gasteiger partial charge in [-0.05, 0) is 36.4 Å². The molecule has 0 spiro atoms. The van der Waals surface area contributed by atoms with Crippen molar-refractivity contribution in [2.45, 2.75) is 32.1 Å². The van der Waals surface area contributed by atoms with Gasteiger partial charge in [-0.3, -0.25) is 4.55 Å². The molecule has 7 heteroatoms. The number of unbranched alkanes of at least 4 members (excludes halogenated alkanes) is 4. The number of halogens is 2. The van der Waals surface area contributed by atoms with Crippen LogP contribution < -0.4 is 0 Å². The van der Waals surface area contributed by atoms with E-state index in [4.69, 9.17) is 28.1 Å². The van der Waals surface area contributed by atoms with Crippen molar-refractivity contribution < 1.29 is 13.0 Å². The zero-order chi connectivity index (χ0) is 11.0. The third-order valence-electron chi connectivity index (χ3n) is 1.73. The molecule has 0 rings (SSSR count). The van der Waals surface area contributed by atoms with Crippen LogP contribution in [0.1, 0.15) is 32.1 Å². The predicted molar refractivity (Wildman–Crippen MR) is 57.9 cm³/mol. The summed E-state index contributed by atoms with van der Waals surface area (Å²) in [5, 5.41) is 0. The summed E-state index contributed by atoms with van der Waals surface area (Å²) < 4.78 is 30.2. The average molecular weight is 264 g/mol. The maximum Gasteiger partial charge on any atom is 0.264 e. The van der Waals surface area contributed by atoms with Crippen molar-refractivity contribution in [3.05, 3.63) is 0 Å². The lowest BCUT2D eigenvalue weighted by Crippen LogP contribution is -2.03. The average Bonchev–Trinajstić information content (AvgIpc) is 2.00. The Morgan fingerprint density at radius 1 is 1.00 bits per heavy atom. The second-order valence-corrected chi connectivity index (χ2v) is 5.64. The lowest BCUT2D eigenvalue weighted by atomic mass is 10.2. The highest BCUT2D eigenvalue weighted by Crippen LogP contribution is 2.07. The van der Waals surface area contributed by atoms with E-state index in [-0.39, 0.29) is 5.75 Å². The van der Waals surface area contributed by atoms with Gasteiger partial charge < -0.3 is 0 Å². The largest absolute Gasteiger partial charge is 0.286 e. The van der Waals surface area contributed by atoms with Crippen molar-refractivity contribution in [3.8, 4) is 0 Å². The third kappa shape index (κ3) is 12.4. The standard InChI is InChI=1S/C7H15Cl2NO3S/c8-10(9)6-4-2-1-3-5-7-14(11,12)13/h1-7H2,(H,11,12,13). The van der Waals surface area contributed by atoms with Crippen LogP contribution in [0.3, 0.4) is 0 Å². The van der Waals surface area contributed by atoms with E-state index in [1.165, 1.54) is 0 Å². The van der Waals surface area contributed by atoms with Crippen LogP contribution in [-0.2, 0) is 10.1 Å². The molecule has 1 N–H and O–H groups in total. The Morgan fingerprint density at radius 2 is 1.50 bits per heavy atom. The molecule has 86 valence electrons. The molecular weight excluding hydrogens is 249 g/mol. The molecule has 0 saturated heterocycles. The first kappa shape index (κ1) is 14.5. The van der Waals surface area contributed by atoms with Crippen LogP contribution in [0.4, 0.5) is 0 Å². The van der Waals surface area contributed by atoms with Crippen molar-refractivity contribution in [2.24, 2.45) is 0 Å². The fourth-order valence-corrected chi connectivity index (χ4v) is 1.85. The maximum absolute atomic E-state index is 10.3. The van der Waals surface area contributed by atoms with Crippen molar-refractivity contribution in [3.63, 3.8) is 0 Å². The van der Waals surface area contributed by atoms with E-state index in [0.717, 1.165) is 29.6 Å². The molecule has 0 aliphatic rings. The highest BCUT2D eigenvalue weighted by molar-refractivity contribution is 7.85. The molecule has 0 saturated carbocycles. The van der Waals surface area contributed by atoms with Crippen molar-refractivity contribution in [1.29, 1.82) is 0 Å². The first-order chi connectivity index (χ1) is 6.42. The monoisotopic (exact) mass is 263 g/mol. The molecule has 14 heavy (non-hydrogen) atoms. The van der Waals surface area contributed by atoms with Gasteiger partial charge in [0.05, 0.1) is 5.75 Å². The van der Waals surface area contributed by atoms with Gasteiger partial charge in [0, 0.05) is 6.54 Å². The molecule has 0 radical (unpaired) electrons. The van der Waals surface area contributed by atoms with Crippen LogP contribution in [0.5, 0.6) is 0 Å². The topological polar surface area (TPSA) is 57.6 Å². The van der Waals surface area contributed by atoms with E-state index in [2.05, 4.69) is 0 Å². The number of hydrogen-bond acceptors (Lipinski definition) is 3. The lowest BCUT2D eigenvalue weighted by Gasteiger charge is -2.03. The van der Waals surface area contributed by atoms with Crippen LogP contribution in [0.25, 0.3) is 0 Å². The minimum Gasteiger partial charge on any atom is -0.286 e. The Hall–Kier alpha value is 0.450. The van der Waals surface area contributed by atoms with Crippen molar-refractivity contribution in [1.82, 2.24) is 3.94 Å². The molecule has 4 nitrogen and oxygen atoms in total. The maximum atomic E-state index is 10.3. The van der Waals surface area contributed by atoms with Crippen molar-refractivity contribution in [2.75, 3.05) is 12.3 Å². The van der Waals surface area contributed by atoms with Crippen LogP contribution in [-0.4, -0.2) is 29.2 Å². The summed E-state index contributed by atoms with van der Waals surface area (Å²) >= 11 is 10.7. The summed E-state index contributed by atoms with van der Waals surface area (Å²) in [6, 6.07) is 0. The quantitative estimate of drug-likeness (QED) is 0.415. The summed E-state index contributed by atoms with van der Waals surface area (Å²) in [7, 11) is -3.78. The van der Waals surface area contributed by atoms with E-state index in [1.54, 1.807) is 0 Å². The SMILES string of the molecule is O=S(=O)(O)CCCCCCCN(Cl)Cl. The van der Waals surface area contributed by atoms with E-state index in [0.29, 0.717) is 13.0 Å². The van der Waals surface area contributed by atoms with E-state index >= 15 is 0 Å². The number of nitrogens with zero attached hydrogens (tertiary/aromatic N) is 1. The van der Waals surface area contributed by atoms with Gasteiger partial charge in [-0.2, -0.15) is 8.42 Å². The van der Waals surface area contributed by atoms with Gasteiger partial charge in [0.1, 0.15) is 0 Å². The van der Waals surface area contributed by atoms with E-state index in [1.807, 2.05) is 0 Å². The Labute approximate surface area is 95.1 Å². The zero-order valence-electron chi connectivity index (χ0n) is 7.82. The smallest absolute Gasteiger partial charge is 0.264 e. The Morgan fingerprint density at radius 3 is 2.00 bits per heavy atom. The summed E-state index contributed by atoms with van der Waals surface area (Å²) in [4.78, 5) is 0. The highest BCUT2D eigenvalue weighted by Gasteiger charge is 2.03. The van der Waals surface area contributed by atoms with Crippen molar-refractivity contribution >= 4 is 33.7 Å². The second-order valence-electron chi connectivity index (χ2n) is 3.08. The molecule has 0 heterocycles. The molecular formula is C7H15Cl2NO3S. The fourth-order valence-electron chi connectivity index (χ4n) is 1.05. The molecule has 0 aliphatic carbocycles. The lowest BCUT2D eigenvalue weighted by molar-refractivity contribution is 0.478. The summed E-state index contributed by atoms with van der Waals surface area (Å²) in [6.07, 6.45) is 4.08. The Kier molecular flexibility index (Phi) is 7.95. The zero-order valence-corrected chi connectivity index (χ0v) is 10.2. The third-order valence-corrected chi connectivity index (χ3v) is 2.87. The van der Waals surface area contributed by atoms with Gasteiger partial charge >= 0.3 is 0 Å². The molecule has 0 unspecified atom stereocenters. The van der Waals surface area contributed by atoms with Crippen LogP contribution >= 0.6 is 23.6 Å². The van der Waals surface area contributed by atoms with Gasteiger partial charge in [0.15, 0.2) is 0 Å². The highest BCUT2D eigenvalue weighted by atomic mass is 35.5. The Balaban J connectivity index is 3.15. The molecule has 0 fully saturated rings. The Bertz CT molecular complexity index is 231. The summed E-state index contributed by atoms with van der Waals surface area (Å²) in [6.45, 7) is 0.613. The minimum absolute atomic E-state index is 0.149. The first-order valence-corrected chi connectivity index (χ1v) is 6.74. The van der Waals surface area contributed by atoms with E-state index in [9.17, 15) is 8.42 Å². The molecule has 0 amide bonds. The molecule has 0 bridgehead atoms. The molecule has 0 atom stereocenters. The molecule has 0 aromatic heterocycles. The fraction of sp³-hybridized carbons (Fsp3) is 1.00. The van der Waals surface area contributed by atoms with Gasteiger partial charge in [0.2, 0.25) is 0 Å². The van der Waals surface area contributed by atoms with Crippen LogP contribution in [0.15, 0.2) is 0 Å². The minimum atomic E-state index is -3.78.